The summed E-state index contributed by atoms with van der Waals surface area (Å²) in [7, 11) is 0. The zero-order chi connectivity index (χ0) is 14.9. The maximum atomic E-state index is 10.6. The molecule has 1 aromatic carbocycles. The zero-order valence-corrected chi connectivity index (χ0v) is 11.5. The Bertz CT molecular complexity index is 595. The van der Waals surface area contributed by atoms with E-state index in [1.165, 1.54) is 6.21 Å². The number of benzene rings is 1. The van der Waals surface area contributed by atoms with Crippen LogP contribution in [0.1, 0.15) is 12.0 Å². The average molecular weight is 287 g/mol. The van der Waals surface area contributed by atoms with Gasteiger partial charge in [0, 0.05) is 24.5 Å². The first-order valence-electron chi connectivity index (χ1n) is 6.52. The number of hydrazone groups is 1. The third kappa shape index (κ3) is 4.98. The number of nitrogens with two attached hydrogens (primary N) is 1. The smallest absolute Gasteiger partial charge is 0.332 e. The Labute approximate surface area is 122 Å². The molecule has 0 aliphatic rings. The molecule has 0 saturated carbocycles. The molecule has 3 N–H and O–H groups in total. The van der Waals surface area contributed by atoms with Crippen LogP contribution < -0.4 is 15.9 Å². The number of rotatable bonds is 7. The van der Waals surface area contributed by atoms with Crippen molar-refractivity contribution in [3.05, 3.63) is 48.5 Å². The molecule has 0 atom stereocenters. The number of para-hydroxylation sites is 1. The summed E-state index contributed by atoms with van der Waals surface area (Å²) in [5.41, 5.74) is 7.86. The highest BCUT2D eigenvalue weighted by Gasteiger charge is 2.00. The van der Waals surface area contributed by atoms with Crippen molar-refractivity contribution in [2.24, 2.45) is 10.8 Å². The van der Waals surface area contributed by atoms with E-state index in [2.05, 4.69) is 15.5 Å². The summed E-state index contributed by atoms with van der Waals surface area (Å²) in [5.74, 6) is 0.707. The molecule has 2 aromatic rings. The van der Waals surface area contributed by atoms with Crippen LogP contribution in [0.25, 0.3) is 0 Å². The average Bonchev–Trinajstić information content (AvgIpc) is 2.98. The maximum Gasteiger partial charge on any atom is 0.332 e. The second-order valence-corrected chi connectivity index (χ2v) is 4.27. The lowest BCUT2D eigenvalue weighted by Crippen LogP contribution is -2.24. The summed E-state index contributed by atoms with van der Waals surface area (Å²) >= 11 is 0. The van der Waals surface area contributed by atoms with Crippen LogP contribution in [0.3, 0.4) is 0 Å². The van der Waals surface area contributed by atoms with Gasteiger partial charge in [-0.25, -0.2) is 15.2 Å². The molecule has 7 heteroatoms. The molecule has 2 amide bonds. The number of imidazole rings is 1. The lowest BCUT2D eigenvalue weighted by Gasteiger charge is -2.09. The molecular weight excluding hydrogens is 270 g/mol. The molecule has 0 aliphatic carbocycles. The molecule has 110 valence electrons. The Morgan fingerprint density at radius 3 is 3.10 bits per heavy atom. The third-order valence-electron chi connectivity index (χ3n) is 2.67. The van der Waals surface area contributed by atoms with Crippen LogP contribution in [-0.2, 0) is 6.54 Å². The number of hydrogen-bond donors (Lipinski definition) is 2. The monoisotopic (exact) mass is 287 g/mol. The molecular formula is C14H17N5O2. The number of carbonyl (C=O) groups excluding carboxylic acids is 1. The molecule has 0 fully saturated rings. The number of carbonyl (C=O) groups is 1. The molecule has 0 spiro atoms. The van der Waals surface area contributed by atoms with Crippen LogP contribution in [0.2, 0.25) is 0 Å². The van der Waals surface area contributed by atoms with Crippen molar-refractivity contribution in [2.75, 3.05) is 6.61 Å². The van der Waals surface area contributed by atoms with Gasteiger partial charge in [-0.3, -0.25) is 0 Å². The van der Waals surface area contributed by atoms with Crippen LogP contribution in [0.4, 0.5) is 4.79 Å². The van der Waals surface area contributed by atoms with Crippen molar-refractivity contribution in [3.8, 4) is 5.75 Å². The minimum absolute atomic E-state index is 0.576. The third-order valence-corrected chi connectivity index (χ3v) is 2.67. The highest BCUT2D eigenvalue weighted by molar-refractivity contribution is 5.84. The van der Waals surface area contributed by atoms with Crippen LogP contribution in [0.15, 0.2) is 48.1 Å². The van der Waals surface area contributed by atoms with Gasteiger partial charge in [-0.05, 0) is 18.6 Å². The molecule has 0 bridgehead atoms. The number of hydrogen-bond acceptors (Lipinski definition) is 4. The van der Waals surface area contributed by atoms with Gasteiger partial charge in [0.2, 0.25) is 0 Å². The number of nitrogens with zero attached hydrogens (tertiary/aromatic N) is 3. The van der Waals surface area contributed by atoms with Gasteiger partial charge in [-0.2, -0.15) is 5.10 Å². The van der Waals surface area contributed by atoms with Crippen LogP contribution in [0, 0.1) is 0 Å². The van der Waals surface area contributed by atoms with Crippen molar-refractivity contribution in [1.29, 1.82) is 0 Å². The number of amides is 2. The number of primary amides is 1. The van der Waals surface area contributed by atoms with E-state index in [0.717, 1.165) is 18.5 Å². The highest BCUT2D eigenvalue weighted by atomic mass is 16.5. The minimum Gasteiger partial charge on any atom is -0.493 e. The fraction of sp³-hybridized carbons (Fsp3) is 0.214. The molecule has 1 aromatic heterocycles. The van der Waals surface area contributed by atoms with E-state index in [4.69, 9.17) is 10.5 Å². The predicted molar refractivity (Wildman–Crippen MR) is 79.1 cm³/mol. The number of nitrogens with one attached hydrogen (secondary N) is 1. The summed E-state index contributed by atoms with van der Waals surface area (Å²) in [6.07, 6.45) is 7.79. The van der Waals surface area contributed by atoms with Gasteiger partial charge in [-0.15, -0.1) is 0 Å². The van der Waals surface area contributed by atoms with Gasteiger partial charge < -0.3 is 15.0 Å². The second-order valence-electron chi connectivity index (χ2n) is 4.27. The SMILES string of the molecule is NC(=O)NN=Cc1ccccc1OCCCn1ccnc1. The lowest BCUT2D eigenvalue weighted by molar-refractivity contribution is 0.249. The molecule has 2 rings (SSSR count). The summed E-state index contributed by atoms with van der Waals surface area (Å²) < 4.78 is 7.72. The Morgan fingerprint density at radius 1 is 1.48 bits per heavy atom. The van der Waals surface area contributed by atoms with Crippen LogP contribution in [0.5, 0.6) is 5.75 Å². The molecule has 7 nitrogen and oxygen atoms in total. The van der Waals surface area contributed by atoms with Gasteiger partial charge in [-0.1, -0.05) is 12.1 Å². The van der Waals surface area contributed by atoms with E-state index in [-0.39, 0.29) is 0 Å². The van der Waals surface area contributed by atoms with E-state index < -0.39 is 6.03 Å². The largest absolute Gasteiger partial charge is 0.493 e. The highest BCUT2D eigenvalue weighted by Crippen LogP contribution is 2.16. The quantitative estimate of drug-likeness (QED) is 0.457. The fourth-order valence-corrected chi connectivity index (χ4v) is 1.73. The number of aryl methyl sites for hydroxylation is 1. The fourth-order valence-electron chi connectivity index (χ4n) is 1.73. The maximum absolute atomic E-state index is 10.6. The topological polar surface area (TPSA) is 94.5 Å². The Balaban J connectivity index is 1.84. The zero-order valence-electron chi connectivity index (χ0n) is 11.5. The minimum atomic E-state index is -0.704. The molecule has 0 unspecified atom stereocenters. The second kappa shape index (κ2) is 7.68. The van der Waals surface area contributed by atoms with E-state index in [9.17, 15) is 4.79 Å². The first-order chi connectivity index (χ1) is 10.3. The van der Waals surface area contributed by atoms with Crippen molar-refractivity contribution in [3.63, 3.8) is 0 Å². The predicted octanol–water partition coefficient (Wildman–Crippen LogP) is 1.35. The first-order valence-corrected chi connectivity index (χ1v) is 6.52. The van der Waals surface area contributed by atoms with Gasteiger partial charge in [0.05, 0.1) is 19.1 Å². The normalized spacial score (nSPS) is 10.7. The van der Waals surface area contributed by atoms with Crippen molar-refractivity contribution in [2.45, 2.75) is 13.0 Å². The van der Waals surface area contributed by atoms with E-state index >= 15 is 0 Å². The summed E-state index contributed by atoms with van der Waals surface area (Å²) in [6.45, 7) is 1.42. The number of aromatic nitrogens is 2. The van der Waals surface area contributed by atoms with Crippen molar-refractivity contribution in [1.82, 2.24) is 15.0 Å². The van der Waals surface area contributed by atoms with Gasteiger partial charge in [0.15, 0.2) is 0 Å². The standard InChI is InChI=1S/C14H17N5O2/c15-14(20)18-17-10-12-4-1-2-5-13(12)21-9-3-7-19-8-6-16-11-19/h1-2,4-6,8,10-11H,3,7,9H2,(H3,15,18,20). The number of urea groups is 1. The summed E-state index contributed by atoms with van der Waals surface area (Å²) in [6, 6.07) is 6.74. The van der Waals surface area contributed by atoms with Gasteiger partial charge in [0.25, 0.3) is 0 Å². The van der Waals surface area contributed by atoms with Crippen molar-refractivity contribution >= 4 is 12.2 Å². The van der Waals surface area contributed by atoms with E-state index in [1.807, 2.05) is 35.0 Å². The Morgan fingerprint density at radius 2 is 2.33 bits per heavy atom. The van der Waals surface area contributed by atoms with Crippen molar-refractivity contribution < 1.29 is 9.53 Å². The van der Waals surface area contributed by atoms with E-state index in [1.54, 1.807) is 12.5 Å². The van der Waals surface area contributed by atoms with E-state index in [0.29, 0.717) is 12.4 Å². The van der Waals surface area contributed by atoms with Crippen LogP contribution in [-0.4, -0.2) is 28.4 Å². The molecule has 0 radical (unpaired) electrons. The Hall–Kier alpha value is -2.83. The molecule has 21 heavy (non-hydrogen) atoms. The first kappa shape index (κ1) is 14.6. The molecule has 0 saturated heterocycles. The Kier molecular flexibility index (Phi) is 5.33. The van der Waals surface area contributed by atoms with Gasteiger partial charge >= 0.3 is 6.03 Å². The summed E-state index contributed by atoms with van der Waals surface area (Å²) in [5, 5.41) is 3.73. The lowest BCUT2D eigenvalue weighted by atomic mass is 10.2. The number of ether oxygens (including phenoxy) is 1. The molecule has 0 aliphatic heterocycles. The van der Waals surface area contributed by atoms with Gasteiger partial charge in [0.1, 0.15) is 5.75 Å². The molecule has 1 heterocycles. The summed E-state index contributed by atoms with van der Waals surface area (Å²) in [4.78, 5) is 14.5. The van der Waals surface area contributed by atoms with Crippen LogP contribution >= 0.6 is 0 Å².